The summed E-state index contributed by atoms with van der Waals surface area (Å²) in [6.45, 7) is 7.17. The first-order valence-electron chi connectivity index (χ1n) is 7.06. The molecule has 0 aromatic rings. The van der Waals surface area contributed by atoms with Gasteiger partial charge in [0.25, 0.3) is 0 Å². The summed E-state index contributed by atoms with van der Waals surface area (Å²) < 4.78 is 5.62. The molecule has 0 aromatic heterocycles. The highest BCUT2D eigenvalue weighted by Crippen LogP contribution is 2.39. The molecular weight excluding hydrogens is 244 g/mol. The normalized spacial score (nSPS) is 34.5. The van der Waals surface area contributed by atoms with E-state index in [0.717, 1.165) is 12.8 Å². The van der Waals surface area contributed by atoms with Gasteiger partial charge in [-0.25, -0.2) is 0 Å². The number of amides is 1. The average molecular weight is 268 g/mol. The SMILES string of the molecule is CC1CC(OC(=O)C2CNC(=O)CN2)CC(C)(C)C1. The minimum Gasteiger partial charge on any atom is -0.461 e. The van der Waals surface area contributed by atoms with Gasteiger partial charge in [0.1, 0.15) is 12.1 Å². The highest BCUT2D eigenvalue weighted by molar-refractivity contribution is 5.83. The fourth-order valence-corrected chi connectivity index (χ4v) is 3.33. The Morgan fingerprint density at radius 2 is 2.11 bits per heavy atom. The van der Waals surface area contributed by atoms with Crippen LogP contribution >= 0.6 is 0 Å². The average Bonchev–Trinajstić information content (AvgIpc) is 2.26. The van der Waals surface area contributed by atoms with Crippen molar-refractivity contribution in [2.45, 2.75) is 52.2 Å². The molecule has 2 fully saturated rings. The molecule has 1 saturated carbocycles. The van der Waals surface area contributed by atoms with Crippen LogP contribution in [-0.4, -0.2) is 37.1 Å². The van der Waals surface area contributed by atoms with Crippen LogP contribution in [0.25, 0.3) is 0 Å². The fourth-order valence-electron chi connectivity index (χ4n) is 3.33. The van der Waals surface area contributed by atoms with Gasteiger partial charge in [-0.1, -0.05) is 20.8 Å². The summed E-state index contributed by atoms with van der Waals surface area (Å²) >= 11 is 0. The monoisotopic (exact) mass is 268 g/mol. The van der Waals surface area contributed by atoms with E-state index in [4.69, 9.17) is 4.74 Å². The summed E-state index contributed by atoms with van der Waals surface area (Å²) in [6, 6.07) is -0.405. The van der Waals surface area contributed by atoms with Gasteiger partial charge in [-0.15, -0.1) is 0 Å². The maximum Gasteiger partial charge on any atom is 0.325 e. The summed E-state index contributed by atoms with van der Waals surface area (Å²) in [5.74, 6) is 0.270. The topological polar surface area (TPSA) is 67.4 Å². The van der Waals surface area contributed by atoms with Crippen molar-refractivity contribution < 1.29 is 14.3 Å². The van der Waals surface area contributed by atoms with Gasteiger partial charge >= 0.3 is 5.97 Å². The van der Waals surface area contributed by atoms with Crippen molar-refractivity contribution in [3.63, 3.8) is 0 Å². The highest BCUT2D eigenvalue weighted by atomic mass is 16.5. The maximum atomic E-state index is 12.1. The molecule has 1 amide bonds. The smallest absolute Gasteiger partial charge is 0.325 e. The Bertz CT molecular complexity index is 358. The first-order chi connectivity index (χ1) is 8.85. The first-order valence-corrected chi connectivity index (χ1v) is 7.06. The van der Waals surface area contributed by atoms with Crippen molar-refractivity contribution in [3.05, 3.63) is 0 Å². The van der Waals surface area contributed by atoms with E-state index in [2.05, 4.69) is 31.4 Å². The Morgan fingerprint density at radius 1 is 1.37 bits per heavy atom. The Morgan fingerprint density at radius 3 is 2.68 bits per heavy atom. The number of carbonyl (C=O) groups excluding carboxylic acids is 2. The van der Waals surface area contributed by atoms with Gasteiger partial charge in [0, 0.05) is 6.54 Å². The van der Waals surface area contributed by atoms with E-state index < -0.39 is 6.04 Å². The number of hydrogen-bond acceptors (Lipinski definition) is 4. The second-order valence-corrected chi connectivity index (χ2v) is 6.71. The lowest BCUT2D eigenvalue weighted by molar-refractivity contribution is -0.156. The molecule has 5 heteroatoms. The lowest BCUT2D eigenvalue weighted by Gasteiger charge is -2.39. The fraction of sp³-hybridized carbons (Fsp3) is 0.857. The molecule has 2 N–H and O–H groups in total. The largest absolute Gasteiger partial charge is 0.461 e. The quantitative estimate of drug-likeness (QED) is 0.728. The van der Waals surface area contributed by atoms with E-state index in [1.807, 2.05) is 0 Å². The van der Waals surface area contributed by atoms with Gasteiger partial charge in [-0.05, 0) is 30.6 Å². The second kappa shape index (κ2) is 5.49. The van der Waals surface area contributed by atoms with E-state index in [0.29, 0.717) is 12.5 Å². The molecule has 1 heterocycles. The standard InChI is InChI=1S/C14H24N2O3/c1-9-4-10(6-14(2,3)5-9)19-13(18)11-7-16-12(17)8-15-11/h9-11,15H,4-8H2,1-3H3,(H,16,17). The van der Waals surface area contributed by atoms with Crippen molar-refractivity contribution in [1.82, 2.24) is 10.6 Å². The summed E-state index contributed by atoms with van der Waals surface area (Å²) in [6.07, 6.45) is 3.04. The van der Waals surface area contributed by atoms with Crippen LogP contribution < -0.4 is 10.6 Å². The Balaban J connectivity index is 1.86. The van der Waals surface area contributed by atoms with Gasteiger partial charge in [0.15, 0.2) is 0 Å². The number of esters is 1. The van der Waals surface area contributed by atoms with E-state index >= 15 is 0 Å². The maximum absolute atomic E-state index is 12.1. The van der Waals surface area contributed by atoms with E-state index in [1.165, 1.54) is 6.42 Å². The molecule has 108 valence electrons. The number of rotatable bonds is 2. The van der Waals surface area contributed by atoms with Crippen molar-refractivity contribution in [3.8, 4) is 0 Å². The van der Waals surface area contributed by atoms with E-state index in [-0.39, 0.29) is 29.9 Å². The molecule has 2 rings (SSSR count). The number of hydrogen-bond donors (Lipinski definition) is 2. The summed E-state index contributed by atoms with van der Waals surface area (Å²) in [5.41, 5.74) is 0.233. The zero-order valence-corrected chi connectivity index (χ0v) is 12.0. The van der Waals surface area contributed by atoms with Crippen LogP contribution in [0.2, 0.25) is 0 Å². The van der Waals surface area contributed by atoms with Gasteiger partial charge in [0.05, 0.1) is 6.54 Å². The predicted octanol–water partition coefficient (Wildman–Crippen LogP) is 0.832. The van der Waals surface area contributed by atoms with E-state index in [1.54, 1.807) is 0 Å². The molecule has 1 saturated heterocycles. The van der Waals surface area contributed by atoms with Crippen LogP contribution in [0.1, 0.15) is 40.0 Å². The zero-order chi connectivity index (χ0) is 14.0. The summed E-state index contributed by atoms with van der Waals surface area (Å²) in [5, 5.41) is 5.58. The second-order valence-electron chi connectivity index (χ2n) is 6.71. The Kier molecular flexibility index (Phi) is 4.13. The molecular formula is C14H24N2O3. The van der Waals surface area contributed by atoms with Crippen molar-refractivity contribution in [2.24, 2.45) is 11.3 Å². The highest BCUT2D eigenvalue weighted by Gasteiger charge is 2.35. The van der Waals surface area contributed by atoms with Gasteiger partial charge in [0.2, 0.25) is 5.91 Å². The third-order valence-corrected chi connectivity index (χ3v) is 3.93. The predicted molar refractivity (Wildman–Crippen MR) is 71.5 cm³/mol. The molecule has 0 radical (unpaired) electrons. The Labute approximate surface area is 114 Å². The molecule has 1 aliphatic carbocycles. The van der Waals surface area contributed by atoms with Gasteiger partial charge < -0.3 is 10.1 Å². The summed E-state index contributed by atoms with van der Waals surface area (Å²) in [7, 11) is 0. The van der Waals surface area contributed by atoms with Crippen LogP contribution in [0.5, 0.6) is 0 Å². The number of carbonyl (C=O) groups is 2. The van der Waals surface area contributed by atoms with Crippen molar-refractivity contribution >= 4 is 11.9 Å². The minimum atomic E-state index is -0.405. The van der Waals surface area contributed by atoms with Gasteiger partial charge in [-0.2, -0.15) is 0 Å². The molecule has 19 heavy (non-hydrogen) atoms. The first kappa shape index (κ1) is 14.3. The molecule has 5 nitrogen and oxygen atoms in total. The minimum absolute atomic E-state index is 0.00526. The number of ether oxygens (including phenoxy) is 1. The van der Waals surface area contributed by atoms with Crippen LogP contribution in [0.4, 0.5) is 0 Å². The van der Waals surface area contributed by atoms with Crippen LogP contribution in [0, 0.1) is 11.3 Å². The third-order valence-electron chi connectivity index (χ3n) is 3.93. The van der Waals surface area contributed by atoms with Crippen molar-refractivity contribution in [2.75, 3.05) is 13.1 Å². The molecule has 1 aliphatic heterocycles. The lowest BCUT2D eigenvalue weighted by atomic mass is 9.71. The molecule has 2 aliphatic rings. The lowest BCUT2D eigenvalue weighted by Crippen LogP contribution is -2.56. The van der Waals surface area contributed by atoms with Crippen LogP contribution in [0.3, 0.4) is 0 Å². The summed E-state index contributed by atoms with van der Waals surface area (Å²) in [4.78, 5) is 23.1. The number of piperazine rings is 1. The van der Waals surface area contributed by atoms with E-state index in [9.17, 15) is 9.59 Å². The molecule has 0 spiro atoms. The van der Waals surface area contributed by atoms with Gasteiger partial charge in [-0.3, -0.25) is 14.9 Å². The third kappa shape index (κ3) is 3.93. The molecule has 3 atom stereocenters. The van der Waals surface area contributed by atoms with Crippen molar-refractivity contribution in [1.29, 1.82) is 0 Å². The Hall–Kier alpha value is -1.10. The zero-order valence-electron chi connectivity index (χ0n) is 12.0. The molecule has 0 aromatic carbocycles. The van der Waals surface area contributed by atoms with Crippen LogP contribution in [-0.2, 0) is 14.3 Å². The van der Waals surface area contributed by atoms with Crippen LogP contribution in [0.15, 0.2) is 0 Å². The number of nitrogens with one attached hydrogen (secondary N) is 2. The molecule has 3 unspecified atom stereocenters. The molecule has 0 bridgehead atoms.